The topological polar surface area (TPSA) is 43.8 Å². The largest absolute Gasteiger partial charge is 0.399 e. The molecule has 0 spiro atoms. The van der Waals surface area contributed by atoms with Crippen molar-refractivity contribution in [1.29, 1.82) is 0 Å². The van der Waals surface area contributed by atoms with Gasteiger partial charge in [0.2, 0.25) is 0 Å². The van der Waals surface area contributed by atoms with E-state index >= 15 is 0 Å². The Hall–Kier alpha value is -1.51. The third kappa shape index (κ3) is 2.11. The summed E-state index contributed by atoms with van der Waals surface area (Å²) in [7, 11) is 0. The first-order chi connectivity index (χ1) is 9.06. The van der Waals surface area contributed by atoms with E-state index in [4.69, 9.17) is 10.7 Å². The summed E-state index contributed by atoms with van der Waals surface area (Å²) in [5.74, 6) is 2.49. The summed E-state index contributed by atoms with van der Waals surface area (Å²) in [6, 6.07) is 6.73. The number of nitrogens with two attached hydrogens (primary N) is 1. The Balaban J connectivity index is 2.16. The predicted octanol–water partition coefficient (Wildman–Crippen LogP) is 4.10. The lowest BCUT2D eigenvalue weighted by atomic mass is 10.1. The fourth-order valence-corrected chi connectivity index (χ4v) is 3.34. The highest BCUT2D eigenvalue weighted by Crippen LogP contribution is 2.38. The highest BCUT2D eigenvalue weighted by atomic mass is 15.1. The number of nitrogens with zero attached hydrogens (tertiary/aromatic N) is 2. The van der Waals surface area contributed by atoms with Crippen molar-refractivity contribution >= 4 is 16.7 Å². The number of imidazole rings is 1. The van der Waals surface area contributed by atoms with E-state index in [0.29, 0.717) is 12.0 Å². The van der Waals surface area contributed by atoms with Crippen molar-refractivity contribution in [3.63, 3.8) is 0 Å². The van der Waals surface area contributed by atoms with Gasteiger partial charge in [-0.3, -0.25) is 0 Å². The number of hydrogen-bond donors (Lipinski definition) is 1. The van der Waals surface area contributed by atoms with Gasteiger partial charge in [0.05, 0.1) is 11.0 Å². The van der Waals surface area contributed by atoms with E-state index in [2.05, 4.69) is 31.4 Å². The van der Waals surface area contributed by atoms with Gasteiger partial charge in [0.25, 0.3) is 0 Å². The van der Waals surface area contributed by atoms with E-state index in [1.807, 2.05) is 12.1 Å². The summed E-state index contributed by atoms with van der Waals surface area (Å²) in [6.45, 7) is 6.80. The Labute approximate surface area is 114 Å². The van der Waals surface area contributed by atoms with E-state index < -0.39 is 0 Å². The molecule has 3 rings (SSSR count). The summed E-state index contributed by atoms with van der Waals surface area (Å²) in [6.07, 6.45) is 3.88. The molecule has 1 fully saturated rings. The molecule has 0 radical (unpaired) electrons. The molecule has 0 amide bonds. The number of benzene rings is 1. The first-order valence-electron chi connectivity index (χ1n) is 7.33. The number of anilines is 1. The number of rotatable bonds is 2. The second-order valence-electron chi connectivity index (χ2n) is 6.31. The number of hydrogen-bond acceptors (Lipinski definition) is 2. The second kappa shape index (κ2) is 4.55. The summed E-state index contributed by atoms with van der Waals surface area (Å²) >= 11 is 0. The highest BCUT2D eigenvalue weighted by molar-refractivity contribution is 5.80. The molecule has 0 aliphatic heterocycles. The van der Waals surface area contributed by atoms with Gasteiger partial charge in [-0.1, -0.05) is 20.8 Å². The van der Waals surface area contributed by atoms with Crippen LogP contribution in [0.5, 0.6) is 0 Å². The zero-order valence-electron chi connectivity index (χ0n) is 12.1. The Morgan fingerprint density at radius 3 is 2.74 bits per heavy atom. The van der Waals surface area contributed by atoms with Crippen LogP contribution in [0.3, 0.4) is 0 Å². The molecule has 2 aromatic rings. The van der Waals surface area contributed by atoms with Gasteiger partial charge >= 0.3 is 0 Å². The molecule has 1 aromatic carbocycles. The fraction of sp³-hybridized carbons (Fsp3) is 0.562. The second-order valence-corrected chi connectivity index (χ2v) is 6.31. The van der Waals surface area contributed by atoms with E-state index in [1.165, 1.54) is 30.6 Å². The molecular formula is C16H23N3. The van der Waals surface area contributed by atoms with Gasteiger partial charge in [-0.15, -0.1) is 0 Å². The highest BCUT2D eigenvalue weighted by Gasteiger charge is 2.27. The molecule has 102 valence electrons. The van der Waals surface area contributed by atoms with Gasteiger partial charge in [-0.05, 0) is 43.4 Å². The third-order valence-corrected chi connectivity index (χ3v) is 4.29. The summed E-state index contributed by atoms with van der Waals surface area (Å²) < 4.78 is 2.48. The molecule has 2 atom stereocenters. The van der Waals surface area contributed by atoms with Crippen molar-refractivity contribution in [3.05, 3.63) is 24.0 Å². The molecular weight excluding hydrogens is 234 g/mol. The average Bonchev–Trinajstić information content (AvgIpc) is 2.91. The summed E-state index contributed by atoms with van der Waals surface area (Å²) in [4.78, 5) is 4.83. The van der Waals surface area contributed by atoms with E-state index in [1.54, 1.807) is 0 Å². The van der Waals surface area contributed by atoms with Crippen molar-refractivity contribution in [2.75, 3.05) is 5.73 Å². The van der Waals surface area contributed by atoms with Crippen molar-refractivity contribution in [2.45, 2.75) is 52.0 Å². The summed E-state index contributed by atoms with van der Waals surface area (Å²) in [5, 5.41) is 0. The van der Waals surface area contributed by atoms with E-state index in [9.17, 15) is 0 Å². The maximum atomic E-state index is 5.89. The van der Waals surface area contributed by atoms with Crippen molar-refractivity contribution in [2.24, 2.45) is 5.92 Å². The van der Waals surface area contributed by atoms with Crippen LogP contribution in [0.15, 0.2) is 18.2 Å². The maximum Gasteiger partial charge on any atom is 0.112 e. The quantitative estimate of drug-likeness (QED) is 0.823. The Morgan fingerprint density at radius 2 is 2.11 bits per heavy atom. The predicted molar refractivity (Wildman–Crippen MR) is 80.3 cm³/mol. The molecule has 3 heteroatoms. The number of nitrogen functional groups attached to an aromatic ring is 1. The van der Waals surface area contributed by atoms with Gasteiger partial charge in [0.1, 0.15) is 5.82 Å². The molecule has 1 aromatic heterocycles. The smallest absolute Gasteiger partial charge is 0.112 e. The number of aromatic nitrogens is 2. The lowest BCUT2D eigenvalue weighted by molar-refractivity contribution is 0.479. The first kappa shape index (κ1) is 12.5. The van der Waals surface area contributed by atoms with Crippen molar-refractivity contribution < 1.29 is 0 Å². The van der Waals surface area contributed by atoms with Crippen LogP contribution in [-0.2, 0) is 0 Å². The zero-order chi connectivity index (χ0) is 13.6. The monoisotopic (exact) mass is 257 g/mol. The minimum atomic E-state index is 0.449. The first-order valence-corrected chi connectivity index (χ1v) is 7.33. The lowest BCUT2D eigenvalue weighted by Gasteiger charge is -2.18. The molecule has 1 aliphatic rings. The summed E-state index contributed by atoms with van der Waals surface area (Å²) in [5.41, 5.74) is 8.98. The minimum absolute atomic E-state index is 0.449. The average molecular weight is 257 g/mol. The van der Waals surface area contributed by atoms with Gasteiger partial charge in [-0.2, -0.15) is 0 Å². The molecule has 1 aliphatic carbocycles. The van der Waals surface area contributed by atoms with Crippen LogP contribution in [0, 0.1) is 5.92 Å². The van der Waals surface area contributed by atoms with Crippen LogP contribution in [0.25, 0.3) is 11.0 Å². The van der Waals surface area contributed by atoms with Gasteiger partial charge in [0.15, 0.2) is 0 Å². The third-order valence-electron chi connectivity index (χ3n) is 4.29. The maximum absolute atomic E-state index is 5.89. The van der Waals surface area contributed by atoms with Crippen molar-refractivity contribution in [1.82, 2.24) is 9.55 Å². The Kier molecular flexibility index (Phi) is 3.00. The Bertz CT molecular complexity index is 597. The standard InChI is InChI=1S/C16H23N3/c1-10(2)16-18-14-9-12(17)5-7-15(14)19(16)13-6-4-11(3)8-13/h5,7,9-11,13H,4,6,8,17H2,1-3H3. The van der Waals surface area contributed by atoms with Gasteiger partial charge in [0, 0.05) is 17.6 Å². The fourth-order valence-electron chi connectivity index (χ4n) is 3.34. The molecule has 19 heavy (non-hydrogen) atoms. The molecule has 1 heterocycles. The molecule has 2 unspecified atom stereocenters. The molecule has 0 saturated heterocycles. The normalized spacial score (nSPS) is 23.6. The van der Waals surface area contributed by atoms with Crippen LogP contribution in [-0.4, -0.2) is 9.55 Å². The van der Waals surface area contributed by atoms with Gasteiger partial charge < -0.3 is 10.3 Å². The minimum Gasteiger partial charge on any atom is -0.399 e. The zero-order valence-corrected chi connectivity index (χ0v) is 12.1. The molecule has 2 N–H and O–H groups in total. The van der Waals surface area contributed by atoms with Crippen LogP contribution >= 0.6 is 0 Å². The number of fused-ring (bicyclic) bond motifs is 1. The Morgan fingerprint density at radius 1 is 1.32 bits per heavy atom. The van der Waals surface area contributed by atoms with E-state index in [-0.39, 0.29) is 0 Å². The van der Waals surface area contributed by atoms with E-state index in [0.717, 1.165) is 17.1 Å². The van der Waals surface area contributed by atoms with Crippen LogP contribution in [0.1, 0.15) is 57.8 Å². The van der Waals surface area contributed by atoms with Crippen LogP contribution in [0.4, 0.5) is 5.69 Å². The molecule has 3 nitrogen and oxygen atoms in total. The SMILES string of the molecule is CC1CCC(n2c(C(C)C)nc3cc(N)ccc32)C1. The molecule has 0 bridgehead atoms. The van der Waals surface area contributed by atoms with Crippen molar-refractivity contribution in [3.8, 4) is 0 Å². The van der Waals surface area contributed by atoms with Gasteiger partial charge in [-0.25, -0.2) is 4.98 Å². The molecule has 1 saturated carbocycles. The van der Waals surface area contributed by atoms with Crippen LogP contribution in [0.2, 0.25) is 0 Å². The van der Waals surface area contributed by atoms with Crippen LogP contribution < -0.4 is 5.73 Å². The lowest BCUT2D eigenvalue weighted by Crippen LogP contribution is -2.10.